The molecule has 1 rings (SSSR count). The Balaban J connectivity index is 3.19. The minimum Gasteiger partial charge on any atom is -0.370 e. The van der Waals surface area contributed by atoms with Gasteiger partial charge in [-0.05, 0) is 12.8 Å². The largest absolute Gasteiger partial charge is 0.370 e. The maximum Gasteiger partial charge on any atom is 0.136 e. The predicted molar refractivity (Wildman–Crippen MR) is 69.0 cm³/mol. The molecule has 0 aliphatic heterocycles. The molecule has 1 N–H and O–H groups in total. The van der Waals surface area contributed by atoms with Crippen molar-refractivity contribution in [1.82, 2.24) is 9.97 Å². The van der Waals surface area contributed by atoms with Crippen molar-refractivity contribution in [3.05, 3.63) is 17.6 Å². The maximum atomic E-state index is 4.64. The van der Waals surface area contributed by atoms with Crippen molar-refractivity contribution in [1.29, 1.82) is 0 Å². The fraction of sp³-hybridized carbons (Fsp3) is 0.692. The Bertz CT molecular complexity index is 351. The van der Waals surface area contributed by atoms with Crippen LogP contribution in [0, 0.1) is 0 Å². The molecule has 0 saturated carbocycles. The first-order chi connectivity index (χ1) is 7.34. The first kappa shape index (κ1) is 12.9. The van der Waals surface area contributed by atoms with Crippen molar-refractivity contribution in [2.24, 2.45) is 0 Å². The number of aromatic nitrogens is 2. The molecule has 0 aromatic carbocycles. The second kappa shape index (κ2) is 4.81. The van der Waals surface area contributed by atoms with Crippen molar-refractivity contribution >= 4 is 5.82 Å². The van der Waals surface area contributed by atoms with Crippen molar-refractivity contribution in [3.63, 3.8) is 0 Å². The van der Waals surface area contributed by atoms with Crippen LogP contribution in [-0.2, 0) is 5.41 Å². The van der Waals surface area contributed by atoms with Gasteiger partial charge in [-0.3, -0.25) is 0 Å². The zero-order valence-electron chi connectivity index (χ0n) is 11.3. The van der Waals surface area contributed by atoms with E-state index in [4.69, 9.17) is 0 Å². The van der Waals surface area contributed by atoms with Crippen molar-refractivity contribution in [2.75, 3.05) is 11.9 Å². The van der Waals surface area contributed by atoms with Gasteiger partial charge in [-0.25, -0.2) is 9.97 Å². The van der Waals surface area contributed by atoms with Gasteiger partial charge in [0.15, 0.2) is 0 Å². The van der Waals surface area contributed by atoms with Crippen LogP contribution in [0.4, 0.5) is 5.82 Å². The summed E-state index contributed by atoms with van der Waals surface area (Å²) in [5.74, 6) is 2.28. The highest BCUT2D eigenvalue weighted by Crippen LogP contribution is 2.23. The standard InChI is InChI=1S/C13H23N3/c1-7-14-11-8-10(9(2)3)15-12(16-11)13(4,5)6/h8-9H,7H2,1-6H3,(H,14,15,16). The molecule has 0 radical (unpaired) electrons. The van der Waals surface area contributed by atoms with Gasteiger partial charge in [-0.2, -0.15) is 0 Å². The molecule has 1 aromatic heterocycles. The van der Waals surface area contributed by atoms with E-state index in [2.05, 4.69) is 56.8 Å². The molecule has 0 unspecified atom stereocenters. The molecule has 0 amide bonds. The highest BCUT2D eigenvalue weighted by Gasteiger charge is 2.19. The van der Waals surface area contributed by atoms with Gasteiger partial charge in [0, 0.05) is 23.7 Å². The van der Waals surface area contributed by atoms with E-state index in [-0.39, 0.29) is 5.41 Å². The van der Waals surface area contributed by atoms with E-state index in [0.717, 1.165) is 23.9 Å². The molecule has 0 atom stereocenters. The van der Waals surface area contributed by atoms with E-state index in [9.17, 15) is 0 Å². The first-order valence-corrected chi connectivity index (χ1v) is 5.98. The van der Waals surface area contributed by atoms with Crippen molar-refractivity contribution in [2.45, 2.75) is 52.9 Å². The lowest BCUT2D eigenvalue weighted by Gasteiger charge is -2.19. The zero-order valence-corrected chi connectivity index (χ0v) is 11.3. The summed E-state index contributed by atoms with van der Waals surface area (Å²) in [4.78, 5) is 9.19. The summed E-state index contributed by atoms with van der Waals surface area (Å²) in [6.45, 7) is 13.7. The molecular formula is C13H23N3. The van der Waals surface area contributed by atoms with Gasteiger partial charge in [-0.1, -0.05) is 34.6 Å². The molecule has 3 nitrogen and oxygen atoms in total. The molecule has 0 spiro atoms. The Morgan fingerprint density at radius 1 is 1.25 bits per heavy atom. The summed E-state index contributed by atoms with van der Waals surface area (Å²) in [6.07, 6.45) is 0. The van der Waals surface area contributed by atoms with Crippen LogP contribution in [0.15, 0.2) is 6.07 Å². The molecule has 0 saturated heterocycles. The summed E-state index contributed by atoms with van der Waals surface area (Å²) in [5, 5.41) is 3.26. The Hall–Kier alpha value is -1.12. The Kier molecular flexibility index (Phi) is 3.89. The lowest BCUT2D eigenvalue weighted by Crippen LogP contribution is -2.18. The second-order valence-electron chi connectivity index (χ2n) is 5.44. The Morgan fingerprint density at radius 3 is 2.31 bits per heavy atom. The van der Waals surface area contributed by atoms with Crippen molar-refractivity contribution in [3.8, 4) is 0 Å². The third kappa shape index (κ3) is 3.19. The number of anilines is 1. The quantitative estimate of drug-likeness (QED) is 0.850. The Labute approximate surface area is 98.7 Å². The van der Waals surface area contributed by atoms with Crippen LogP contribution in [0.25, 0.3) is 0 Å². The normalized spacial score (nSPS) is 11.9. The van der Waals surface area contributed by atoms with E-state index < -0.39 is 0 Å². The highest BCUT2D eigenvalue weighted by atomic mass is 15.0. The third-order valence-corrected chi connectivity index (χ3v) is 2.37. The Morgan fingerprint density at radius 2 is 1.88 bits per heavy atom. The SMILES string of the molecule is CCNc1cc(C(C)C)nc(C(C)(C)C)n1. The molecule has 1 aromatic rings. The zero-order chi connectivity index (χ0) is 12.3. The van der Waals surface area contributed by atoms with Gasteiger partial charge in [-0.15, -0.1) is 0 Å². The monoisotopic (exact) mass is 221 g/mol. The lowest BCUT2D eigenvalue weighted by molar-refractivity contribution is 0.539. The minimum atomic E-state index is -0.00489. The number of nitrogens with zero attached hydrogens (tertiary/aromatic N) is 2. The summed E-state index contributed by atoms with van der Waals surface area (Å²) >= 11 is 0. The maximum absolute atomic E-state index is 4.64. The number of hydrogen-bond donors (Lipinski definition) is 1. The van der Waals surface area contributed by atoms with Crippen LogP contribution in [-0.4, -0.2) is 16.5 Å². The second-order valence-corrected chi connectivity index (χ2v) is 5.44. The fourth-order valence-corrected chi connectivity index (χ4v) is 1.37. The summed E-state index contributed by atoms with van der Waals surface area (Å²) < 4.78 is 0. The predicted octanol–water partition coefficient (Wildman–Crippen LogP) is 3.33. The van der Waals surface area contributed by atoms with Gasteiger partial charge in [0.2, 0.25) is 0 Å². The minimum absolute atomic E-state index is 0.00489. The van der Waals surface area contributed by atoms with Gasteiger partial charge in [0.05, 0.1) is 0 Å². The average Bonchev–Trinajstić information content (AvgIpc) is 2.16. The van der Waals surface area contributed by atoms with Crippen LogP contribution in [0.5, 0.6) is 0 Å². The fourth-order valence-electron chi connectivity index (χ4n) is 1.37. The van der Waals surface area contributed by atoms with E-state index in [1.54, 1.807) is 0 Å². The van der Waals surface area contributed by atoms with Crippen LogP contribution in [0.1, 0.15) is 59.0 Å². The highest BCUT2D eigenvalue weighted by molar-refractivity contribution is 5.37. The van der Waals surface area contributed by atoms with E-state index in [1.165, 1.54) is 0 Å². The van der Waals surface area contributed by atoms with Gasteiger partial charge >= 0.3 is 0 Å². The smallest absolute Gasteiger partial charge is 0.136 e. The van der Waals surface area contributed by atoms with Crippen LogP contribution >= 0.6 is 0 Å². The van der Waals surface area contributed by atoms with Crippen LogP contribution in [0.2, 0.25) is 0 Å². The molecule has 3 heteroatoms. The van der Waals surface area contributed by atoms with Crippen LogP contribution < -0.4 is 5.32 Å². The van der Waals surface area contributed by atoms with Gasteiger partial charge in [0.25, 0.3) is 0 Å². The number of hydrogen-bond acceptors (Lipinski definition) is 3. The topological polar surface area (TPSA) is 37.8 Å². The lowest BCUT2D eigenvalue weighted by atomic mass is 9.95. The molecule has 0 fully saturated rings. The van der Waals surface area contributed by atoms with Gasteiger partial charge < -0.3 is 5.32 Å². The van der Waals surface area contributed by atoms with Crippen LogP contribution in [0.3, 0.4) is 0 Å². The first-order valence-electron chi connectivity index (χ1n) is 5.98. The molecule has 16 heavy (non-hydrogen) atoms. The van der Waals surface area contributed by atoms with Gasteiger partial charge in [0.1, 0.15) is 11.6 Å². The van der Waals surface area contributed by atoms with E-state index in [1.807, 2.05) is 6.07 Å². The molecular weight excluding hydrogens is 198 g/mol. The number of rotatable bonds is 3. The molecule has 1 heterocycles. The summed E-state index contributed by atoms with van der Waals surface area (Å²) in [7, 11) is 0. The average molecular weight is 221 g/mol. The van der Waals surface area contributed by atoms with E-state index >= 15 is 0 Å². The number of nitrogens with one attached hydrogen (secondary N) is 1. The molecule has 0 aliphatic carbocycles. The molecule has 0 aliphatic rings. The summed E-state index contributed by atoms with van der Waals surface area (Å²) in [5.41, 5.74) is 1.10. The molecule has 0 bridgehead atoms. The van der Waals surface area contributed by atoms with Crippen molar-refractivity contribution < 1.29 is 0 Å². The summed E-state index contributed by atoms with van der Waals surface area (Å²) in [6, 6.07) is 2.05. The third-order valence-electron chi connectivity index (χ3n) is 2.37. The van der Waals surface area contributed by atoms with E-state index in [0.29, 0.717) is 5.92 Å². The molecule has 90 valence electrons.